The van der Waals surface area contributed by atoms with Crippen molar-refractivity contribution in [1.82, 2.24) is 15.3 Å². The predicted octanol–water partition coefficient (Wildman–Crippen LogP) is 2.98. The van der Waals surface area contributed by atoms with E-state index in [1.165, 1.54) is 0 Å². The van der Waals surface area contributed by atoms with E-state index >= 15 is 0 Å². The SMILES string of the molecule is COc1ccc(CNC(=O)c2nc(-c3ccccc3)oc2C)cn1. The molecule has 3 aromatic rings. The third kappa shape index (κ3) is 3.43. The molecule has 24 heavy (non-hydrogen) atoms. The number of hydrogen-bond acceptors (Lipinski definition) is 5. The molecule has 0 fully saturated rings. The van der Waals surface area contributed by atoms with Crippen molar-refractivity contribution in [3.05, 3.63) is 65.7 Å². The van der Waals surface area contributed by atoms with Crippen LogP contribution in [-0.4, -0.2) is 23.0 Å². The van der Waals surface area contributed by atoms with E-state index in [2.05, 4.69) is 15.3 Å². The van der Waals surface area contributed by atoms with Gasteiger partial charge in [-0.2, -0.15) is 0 Å². The fourth-order valence-electron chi connectivity index (χ4n) is 2.21. The smallest absolute Gasteiger partial charge is 0.273 e. The van der Waals surface area contributed by atoms with Gasteiger partial charge in [-0.3, -0.25) is 4.79 Å². The number of aromatic nitrogens is 2. The maximum Gasteiger partial charge on any atom is 0.273 e. The number of methoxy groups -OCH3 is 1. The Labute approximate surface area is 139 Å². The second-order valence-electron chi connectivity index (χ2n) is 5.18. The van der Waals surface area contributed by atoms with E-state index in [1.807, 2.05) is 36.4 Å². The number of amides is 1. The summed E-state index contributed by atoms with van der Waals surface area (Å²) < 4.78 is 10.6. The van der Waals surface area contributed by atoms with Crippen LogP contribution in [0.25, 0.3) is 11.5 Å². The van der Waals surface area contributed by atoms with Gasteiger partial charge in [0.2, 0.25) is 11.8 Å². The molecule has 2 heterocycles. The zero-order valence-electron chi connectivity index (χ0n) is 13.4. The van der Waals surface area contributed by atoms with Crippen LogP contribution in [0.5, 0.6) is 5.88 Å². The van der Waals surface area contributed by atoms with Gasteiger partial charge >= 0.3 is 0 Å². The highest BCUT2D eigenvalue weighted by molar-refractivity contribution is 5.93. The fourth-order valence-corrected chi connectivity index (χ4v) is 2.21. The van der Waals surface area contributed by atoms with Crippen molar-refractivity contribution in [2.24, 2.45) is 0 Å². The average Bonchev–Trinajstić information content (AvgIpc) is 3.03. The van der Waals surface area contributed by atoms with Crippen LogP contribution in [0.15, 0.2) is 53.1 Å². The molecule has 6 heteroatoms. The van der Waals surface area contributed by atoms with Crippen LogP contribution >= 0.6 is 0 Å². The molecule has 3 rings (SSSR count). The van der Waals surface area contributed by atoms with Crippen molar-refractivity contribution in [1.29, 1.82) is 0 Å². The number of ether oxygens (including phenoxy) is 1. The number of pyridine rings is 1. The lowest BCUT2D eigenvalue weighted by molar-refractivity contribution is 0.0945. The Kier molecular flexibility index (Phi) is 4.56. The minimum Gasteiger partial charge on any atom is -0.481 e. The lowest BCUT2D eigenvalue weighted by Gasteiger charge is -2.04. The molecule has 1 amide bonds. The molecular weight excluding hydrogens is 306 g/mol. The molecule has 2 aromatic heterocycles. The molecule has 0 unspecified atom stereocenters. The number of carbonyl (C=O) groups excluding carboxylic acids is 1. The van der Waals surface area contributed by atoms with Crippen LogP contribution in [0.3, 0.4) is 0 Å². The summed E-state index contributed by atoms with van der Waals surface area (Å²) in [7, 11) is 1.56. The van der Waals surface area contributed by atoms with Crippen LogP contribution in [-0.2, 0) is 6.54 Å². The monoisotopic (exact) mass is 323 g/mol. The summed E-state index contributed by atoms with van der Waals surface area (Å²) in [5, 5.41) is 2.82. The molecule has 0 saturated heterocycles. The number of rotatable bonds is 5. The van der Waals surface area contributed by atoms with E-state index in [0.717, 1.165) is 11.1 Å². The first kappa shape index (κ1) is 15.7. The number of nitrogens with zero attached hydrogens (tertiary/aromatic N) is 2. The molecular formula is C18H17N3O3. The maximum absolute atomic E-state index is 12.3. The van der Waals surface area contributed by atoms with Gasteiger partial charge in [0.1, 0.15) is 5.76 Å². The number of oxazole rings is 1. The summed E-state index contributed by atoms with van der Waals surface area (Å²) in [5.41, 5.74) is 1.99. The van der Waals surface area contributed by atoms with Crippen LogP contribution in [0, 0.1) is 6.92 Å². The Morgan fingerprint density at radius 3 is 2.67 bits per heavy atom. The van der Waals surface area contributed by atoms with E-state index in [4.69, 9.17) is 9.15 Å². The Morgan fingerprint density at radius 1 is 1.21 bits per heavy atom. The molecule has 0 aliphatic carbocycles. The van der Waals surface area contributed by atoms with Gasteiger partial charge in [0.25, 0.3) is 5.91 Å². The van der Waals surface area contributed by atoms with Gasteiger partial charge in [0, 0.05) is 24.4 Å². The standard InChI is InChI=1S/C18H17N3O3/c1-12-16(21-18(24-12)14-6-4-3-5-7-14)17(22)20-11-13-8-9-15(23-2)19-10-13/h3-10H,11H2,1-2H3,(H,20,22). The minimum atomic E-state index is -0.283. The molecule has 0 atom stereocenters. The second-order valence-corrected chi connectivity index (χ2v) is 5.18. The highest BCUT2D eigenvalue weighted by atomic mass is 16.5. The van der Waals surface area contributed by atoms with Crippen molar-refractivity contribution in [2.45, 2.75) is 13.5 Å². The van der Waals surface area contributed by atoms with Crippen LogP contribution < -0.4 is 10.1 Å². The van der Waals surface area contributed by atoms with Gasteiger partial charge in [-0.05, 0) is 24.6 Å². The molecule has 0 aliphatic rings. The summed E-state index contributed by atoms with van der Waals surface area (Å²) in [6, 6.07) is 13.1. The topological polar surface area (TPSA) is 77.2 Å². The van der Waals surface area contributed by atoms with Crippen LogP contribution in [0.4, 0.5) is 0 Å². The van der Waals surface area contributed by atoms with Gasteiger partial charge < -0.3 is 14.5 Å². The van der Waals surface area contributed by atoms with Gasteiger partial charge in [-0.15, -0.1) is 0 Å². The van der Waals surface area contributed by atoms with E-state index in [0.29, 0.717) is 24.1 Å². The molecule has 0 radical (unpaired) electrons. The van der Waals surface area contributed by atoms with Gasteiger partial charge in [0.15, 0.2) is 5.69 Å². The lowest BCUT2D eigenvalue weighted by Crippen LogP contribution is -2.23. The number of benzene rings is 1. The van der Waals surface area contributed by atoms with Gasteiger partial charge in [-0.25, -0.2) is 9.97 Å². The lowest BCUT2D eigenvalue weighted by atomic mass is 10.2. The average molecular weight is 323 g/mol. The Bertz CT molecular complexity index is 826. The molecule has 1 N–H and O–H groups in total. The Balaban J connectivity index is 1.69. The molecule has 0 saturated carbocycles. The van der Waals surface area contributed by atoms with E-state index in [9.17, 15) is 4.79 Å². The fraction of sp³-hybridized carbons (Fsp3) is 0.167. The summed E-state index contributed by atoms with van der Waals surface area (Å²) >= 11 is 0. The van der Waals surface area contributed by atoms with Crippen LogP contribution in [0.2, 0.25) is 0 Å². The highest BCUT2D eigenvalue weighted by Crippen LogP contribution is 2.21. The Hall–Kier alpha value is -3.15. The molecule has 122 valence electrons. The third-order valence-corrected chi connectivity index (χ3v) is 3.49. The molecule has 0 aliphatic heterocycles. The largest absolute Gasteiger partial charge is 0.481 e. The van der Waals surface area contributed by atoms with Crippen LogP contribution in [0.1, 0.15) is 21.8 Å². The molecule has 1 aromatic carbocycles. The second kappa shape index (κ2) is 6.95. The number of carbonyl (C=O) groups is 1. The van der Waals surface area contributed by atoms with Crippen molar-refractivity contribution in [3.63, 3.8) is 0 Å². The molecule has 6 nitrogen and oxygen atoms in total. The first-order valence-electron chi connectivity index (χ1n) is 7.47. The third-order valence-electron chi connectivity index (χ3n) is 3.49. The predicted molar refractivity (Wildman–Crippen MR) is 88.6 cm³/mol. The van der Waals surface area contributed by atoms with Crippen molar-refractivity contribution < 1.29 is 13.9 Å². The molecule has 0 spiro atoms. The number of aryl methyl sites for hydroxylation is 1. The summed E-state index contributed by atoms with van der Waals surface area (Å²) in [5.74, 6) is 1.17. The quantitative estimate of drug-likeness (QED) is 0.781. The van der Waals surface area contributed by atoms with Crippen molar-refractivity contribution in [2.75, 3.05) is 7.11 Å². The van der Waals surface area contributed by atoms with E-state index in [-0.39, 0.29) is 11.6 Å². The maximum atomic E-state index is 12.3. The number of hydrogen-bond donors (Lipinski definition) is 1. The summed E-state index contributed by atoms with van der Waals surface area (Å²) in [6.07, 6.45) is 1.66. The zero-order chi connectivity index (χ0) is 16.9. The normalized spacial score (nSPS) is 10.4. The summed E-state index contributed by atoms with van der Waals surface area (Å²) in [4.78, 5) is 20.7. The Morgan fingerprint density at radius 2 is 2.00 bits per heavy atom. The zero-order valence-corrected chi connectivity index (χ0v) is 13.4. The first-order valence-corrected chi connectivity index (χ1v) is 7.47. The molecule has 0 bridgehead atoms. The van der Waals surface area contributed by atoms with Gasteiger partial charge in [-0.1, -0.05) is 24.3 Å². The minimum absolute atomic E-state index is 0.283. The van der Waals surface area contributed by atoms with Gasteiger partial charge in [0.05, 0.1) is 7.11 Å². The summed E-state index contributed by atoms with van der Waals surface area (Å²) in [6.45, 7) is 2.08. The van der Waals surface area contributed by atoms with Crippen molar-refractivity contribution in [3.8, 4) is 17.3 Å². The van der Waals surface area contributed by atoms with E-state index < -0.39 is 0 Å². The van der Waals surface area contributed by atoms with Crippen molar-refractivity contribution >= 4 is 5.91 Å². The number of nitrogens with one attached hydrogen (secondary N) is 1. The first-order chi connectivity index (χ1) is 11.7. The van der Waals surface area contributed by atoms with E-state index in [1.54, 1.807) is 26.3 Å². The highest BCUT2D eigenvalue weighted by Gasteiger charge is 2.17.